The second-order valence-electron chi connectivity index (χ2n) is 5.30. The Kier molecular flexibility index (Phi) is 5.62. The molecule has 1 aliphatic rings. The Hall–Kier alpha value is -1.32. The first-order valence-corrected chi connectivity index (χ1v) is 7.42. The summed E-state index contributed by atoms with van der Waals surface area (Å²) in [5, 5.41) is 3.67. The van der Waals surface area contributed by atoms with Gasteiger partial charge < -0.3 is 5.32 Å². The molecule has 0 aromatic heterocycles. The van der Waals surface area contributed by atoms with E-state index in [1.165, 1.54) is 11.6 Å². The lowest BCUT2D eigenvalue weighted by Gasteiger charge is -2.32. The fraction of sp³-hybridized carbons (Fsp3) is 0.438. The van der Waals surface area contributed by atoms with Gasteiger partial charge in [0.1, 0.15) is 0 Å². The number of hydrogen-bond donors (Lipinski definition) is 1. The average Bonchev–Trinajstić information content (AvgIpc) is 2.48. The number of carbonyl (C=O) groups excluding carboxylic acids is 1. The summed E-state index contributed by atoms with van der Waals surface area (Å²) in [4.78, 5) is 13.6. The van der Waals surface area contributed by atoms with E-state index in [0.717, 1.165) is 44.0 Å². The highest BCUT2D eigenvalue weighted by Gasteiger charge is 2.19. The molecule has 1 N–H and O–H groups in total. The number of nitrogens with zero attached hydrogens (tertiary/aromatic N) is 1. The van der Waals surface area contributed by atoms with E-state index in [1.54, 1.807) is 0 Å². The van der Waals surface area contributed by atoms with Crippen molar-refractivity contribution >= 4 is 17.5 Å². The second-order valence-corrected chi connectivity index (χ2v) is 5.73. The smallest absolute Gasteiger partial charge is 0.243 e. The highest BCUT2D eigenvalue weighted by atomic mass is 35.5. The quantitative estimate of drug-likeness (QED) is 0.847. The second kappa shape index (κ2) is 7.46. The molecular weight excluding hydrogens is 272 g/mol. The number of hydrogen-bond acceptors (Lipinski definition) is 2. The van der Waals surface area contributed by atoms with Crippen molar-refractivity contribution in [3.63, 3.8) is 0 Å². The minimum Gasteiger partial charge on any atom is -0.352 e. The number of carbonyl (C=O) groups is 1. The van der Waals surface area contributed by atoms with Crippen LogP contribution in [0.5, 0.6) is 0 Å². The summed E-state index contributed by atoms with van der Waals surface area (Å²) in [5.41, 5.74) is 1.30. The summed E-state index contributed by atoms with van der Waals surface area (Å²) in [6, 6.07) is 8.04. The maximum Gasteiger partial charge on any atom is 0.243 e. The summed E-state index contributed by atoms with van der Waals surface area (Å²) in [6.45, 7) is 7.36. The fourth-order valence-corrected chi connectivity index (χ4v) is 2.64. The van der Waals surface area contributed by atoms with E-state index in [2.05, 4.69) is 28.9 Å². The van der Waals surface area contributed by atoms with E-state index in [4.69, 9.17) is 11.6 Å². The standard InChI is InChI=1S/C16H21ClN2O/c1-2-16(20)18-11-13-7-9-19(10-8-13)12-14-3-5-15(17)6-4-14/h2-6,13H,1,7-12H2,(H,18,20). The number of halogens is 1. The van der Waals surface area contributed by atoms with Gasteiger partial charge in [0.25, 0.3) is 0 Å². The van der Waals surface area contributed by atoms with Crippen LogP contribution in [0.3, 0.4) is 0 Å². The number of benzene rings is 1. The molecule has 1 aromatic rings. The molecular formula is C16H21ClN2O. The minimum atomic E-state index is -0.0754. The Morgan fingerprint density at radius 1 is 1.35 bits per heavy atom. The average molecular weight is 293 g/mol. The Labute approximate surface area is 125 Å². The molecule has 108 valence electrons. The van der Waals surface area contributed by atoms with Crippen LogP contribution in [-0.4, -0.2) is 30.4 Å². The van der Waals surface area contributed by atoms with Crippen LogP contribution in [0.15, 0.2) is 36.9 Å². The summed E-state index contributed by atoms with van der Waals surface area (Å²) in [6.07, 6.45) is 3.59. The monoisotopic (exact) mass is 292 g/mol. The van der Waals surface area contributed by atoms with Gasteiger partial charge >= 0.3 is 0 Å². The molecule has 2 rings (SSSR count). The zero-order valence-corrected chi connectivity index (χ0v) is 12.4. The zero-order chi connectivity index (χ0) is 14.4. The third-order valence-corrected chi connectivity index (χ3v) is 4.03. The molecule has 0 radical (unpaired) electrons. The van der Waals surface area contributed by atoms with E-state index in [-0.39, 0.29) is 5.91 Å². The Morgan fingerprint density at radius 2 is 2.00 bits per heavy atom. The topological polar surface area (TPSA) is 32.3 Å². The number of amides is 1. The molecule has 1 heterocycles. The van der Waals surface area contributed by atoms with Crippen molar-refractivity contribution in [2.45, 2.75) is 19.4 Å². The van der Waals surface area contributed by atoms with Crippen molar-refractivity contribution in [3.8, 4) is 0 Å². The van der Waals surface area contributed by atoms with E-state index in [9.17, 15) is 4.79 Å². The highest BCUT2D eigenvalue weighted by Crippen LogP contribution is 2.19. The molecule has 0 spiro atoms. The van der Waals surface area contributed by atoms with Gasteiger partial charge in [-0.1, -0.05) is 30.3 Å². The maximum atomic E-state index is 11.1. The normalized spacial score (nSPS) is 16.9. The van der Waals surface area contributed by atoms with Crippen molar-refractivity contribution in [2.75, 3.05) is 19.6 Å². The van der Waals surface area contributed by atoms with Gasteiger partial charge in [-0.3, -0.25) is 9.69 Å². The summed E-state index contributed by atoms with van der Waals surface area (Å²) < 4.78 is 0. The van der Waals surface area contributed by atoms with Crippen molar-refractivity contribution in [3.05, 3.63) is 47.5 Å². The molecule has 1 amide bonds. The van der Waals surface area contributed by atoms with Gasteiger partial charge in [-0.15, -0.1) is 0 Å². The lowest BCUT2D eigenvalue weighted by molar-refractivity contribution is -0.116. The first-order valence-electron chi connectivity index (χ1n) is 7.04. The van der Waals surface area contributed by atoms with Crippen molar-refractivity contribution in [1.29, 1.82) is 0 Å². The first kappa shape index (κ1) is 15.1. The summed E-state index contributed by atoms with van der Waals surface area (Å²) >= 11 is 5.89. The molecule has 20 heavy (non-hydrogen) atoms. The van der Waals surface area contributed by atoms with Crippen molar-refractivity contribution in [2.24, 2.45) is 5.92 Å². The van der Waals surface area contributed by atoms with Gasteiger partial charge in [0, 0.05) is 18.1 Å². The van der Waals surface area contributed by atoms with Gasteiger partial charge in [0.05, 0.1) is 0 Å². The van der Waals surface area contributed by atoms with E-state index in [0.29, 0.717) is 5.92 Å². The highest BCUT2D eigenvalue weighted by molar-refractivity contribution is 6.30. The van der Waals surface area contributed by atoms with Crippen LogP contribution in [0.4, 0.5) is 0 Å². The molecule has 0 bridgehead atoms. The van der Waals surface area contributed by atoms with E-state index in [1.807, 2.05) is 12.1 Å². The van der Waals surface area contributed by atoms with Crippen LogP contribution in [-0.2, 0) is 11.3 Å². The Morgan fingerprint density at radius 3 is 2.60 bits per heavy atom. The van der Waals surface area contributed by atoms with Crippen LogP contribution in [0, 0.1) is 5.92 Å². The molecule has 0 atom stereocenters. The third-order valence-electron chi connectivity index (χ3n) is 3.78. The SMILES string of the molecule is C=CC(=O)NCC1CCN(Cc2ccc(Cl)cc2)CC1. The molecule has 1 aromatic carbocycles. The summed E-state index contributed by atoms with van der Waals surface area (Å²) in [5.74, 6) is 0.508. The number of likely N-dealkylation sites (tertiary alicyclic amines) is 1. The lowest BCUT2D eigenvalue weighted by Crippen LogP contribution is -2.37. The first-order chi connectivity index (χ1) is 9.67. The van der Waals surface area contributed by atoms with Gasteiger partial charge in [0.15, 0.2) is 0 Å². The maximum absolute atomic E-state index is 11.1. The molecule has 4 heteroatoms. The van der Waals surface area contributed by atoms with Crippen LogP contribution in [0.2, 0.25) is 5.02 Å². The lowest BCUT2D eigenvalue weighted by atomic mass is 9.96. The van der Waals surface area contributed by atoms with Crippen LogP contribution >= 0.6 is 11.6 Å². The number of piperidine rings is 1. The molecule has 0 unspecified atom stereocenters. The molecule has 3 nitrogen and oxygen atoms in total. The minimum absolute atomic E-state index is 0.0754. The van der Waals surface area contributed by atoms with Gasteiger partial charge in [-0.2, -0.15) is 0 Å². The van der Waals surface area contributed by atoms with Gasteiger partial charge in [-0.05, 0) is 55.6 Å². The van der Waals surface area contributed by atoms with Gasteiger partial charge in [0.2, 0.25) is 5.91 Å². The predicted molar refractivity (Wildman–Crippen MR) is 82.7 cm³/mol. The summed E-state index contributed by atoms with van der Waals surface area (Å²) in [7, 11) is 0. The van der Waals surface area contributed by atoms with Crippen LogP contribution in [0.1, 0.15) is 18.4 Å². The van der Waals surface area contributed by atoms with Gasteiger partial charge in [-0.25, -0.2) is 0 Å². The number of nitrogens with one attached hydrogen (secondary N) is 1. The van der Waals surface area contributed by atoms with E-state index < -0.39 is 0 Å². The Bertz CT molecular complexity index is 450. The third kappa shape index (κ3) is 4.66. The van der Waals surface area contributed by atoms with Crippen molar-refractivity contribution in [1.82, 2.24) is 10.2 Å². The van der Waals surface area contributed by atoms with E-state index >= 15 is 0 Å². The fourth-order valence-electron chi connectivity index (χ4n) is 2.51. The zero-order valence-electron chi connectivity index (χ0n) is 11.6. The van der Waals surface area contributed by atoms with Crippen LogP contribution < -0.4 is 5.32 Å². The predicted octanol–water partition coefficient (Wildman–Crippen LogP) is 2.85. The van der Waals surface area contributed by atoms with Crippen LogP contribution in [0.25, 0.3) is 0 Å². The molecule has 0 aliphatic carbocycles. The molecule has 0 saturated carbocycles. The molecule has 1 aliphatic heterocycles. The van der Waals surface area contributed by atoms with Crippen molar-refractivity contribution < 1.29 is 4.79 Å². The number of rotatable bonds is 5. The Balaban J connectivity index is 1.72. The largest absolute Gasteiger partial charge is 0.352 e. The molecule has 1 fully saturated rings. The molecule has 1 saturated heterocycles.